The molecule has 196 valence electrons. The van der Waals surface area contributed by atoms with Gasteiger partial charge in [0, 0.05) is 42.7 Å². The lowest BCUT2D eigenvalue weighted by Crippen LogP contribution is -2.33. The number of rotatable bonds is 6. The van der Waals surface area contributed by atoms with E-state index in [4.69, 9.17) is 13.9 Å². The number of carbonyl (C=O) groups excluding carboxylic acids is 3. The Labute approximate surface area is 215 Å². The van der Waals surface area contributed by atoms with Crippen LogP contribution >= 0.6 is 0 Å². The van der Waals surface area contributed by atoms with Crippen molar-refractivity contribution in [2.75, 3.05) is 7.11 Å². The number of allylic oxidation sites excluding steroid dienone is 4. The van der Waals surface area contributed by atoms with Gasteiger partial charge in [-0.2, -0.15) is 0 Å². The highest BCUT2D eigenvalue weighted by atomic mass is 16.6. The van der Waals surface area contributed by atoms with Crippen LogP contribution in [0.2, 0.25) is 0 Å². The van der Waals surface area contributed by atoms with Gasteiger partial charge in [0.25, 0.3) is 0 Å². The summed E-state index contributed by atoms with van der Waals surface area (Å²) in [5.41, 5.74) is -0.246. The lowest BCUT2D eigenvalue weighted by atomic mass is 9.67. The largest absolute Gasteiger partial charge is 0.512 e. The molecule has 0 saturated carbocycles. The average Bonchev–Trinajstić information content (AvgIpc) is 3.31. The van der Waals surface area contributed by atoms with Crippen molar-refractivity contribution in [3.05, 3.63) is 70.6 Å². The number of hydrogen-bond donors (Lipinski definition) is 2. The predicted octanol–water partition coefficient (Wildman–Crippen LogP) is 5.99. The highest BCUT2D eigenvalue weighted by Gasteiger charge is 2.43. The van der Waals surface area contributed by atoms with Gasteiger partial charge in [-0.3, -0.25) is 9.59 Å². The highest BCUT2D eigenvalue weighted by Crippen LogP contribution is 2.48. The molecule has 0 amide bonds. The van der Waals surface area contributed by atoms with Crippen LogP contribution in [0.1, 0.15) is 75.4 Å². The monoisotopic (exact) mass is 508 g/mol. The first-order valence-electron chi connectivity index (χ1n) is 12.2. The van der Waals surface area contributed by atoms with Crippen LogP contribution in [0.3, 0.4) is 0 Å². The molecule has 2 aliphatic carbocycles. The number of carbonyl (C=O) groups is 3. The number of furan rings is 1. The Morgan fingerprint density at radius 1 is 0.892 bits per heavy atom. The van der Waals surface area contributed by atoms with E-state index >= 15 is 0 Å². The van der Waals surface area contributed by atoms with E-state index < -0.39 is 22.7 Å². The molecule has 0 aliphatic heterocycles. The SMILES string of the molecule is COc1cc(C(C2=C(O)CC(C)(C)CC2=O)C2=C(O)CC(C)(C)CC2=O)ccc1OC(=O)c1ccco1. The summed E-state index contributed by atoms with van der Waals surface area (Å²) in [6, 6.07) is 7.67. The Kier molecular flexibility index (Phi) is 6.79. The number of aliphatic hydroxyl groups is 2. The molecule has 0 fully saturated rings. The van der Waals surface area contributed by atoms with Gasteiger partial charge >= 0.3 is 5.97 Å². The van der Waals surface area contributed by atoms with Crippen molar-refractivity contribution in [3.63, 3.8) is 0 Å². The predicted molar refractivity (Wildman–Crippen MR) is 135 cm³/mol. The molecule has 1 aromatic carbocycles. The molecule has 0 unspecified atom stereocenters. The molecule has 8 heteroatoms. The molecule has 1 aromatic heterocycles. The third-order valence-electron chi connectivity index (χ3n) is 6.82. The van der Waals surface area contributed by atoms with Gasteiger partial charge in [-0.25, -0.2) is 4.79 Å². The van der Waals surface area contributed by atoms with Crippen LogP contribution < -0.4 is 9.47 Å². The van der Waals surface area contributed by atoms with E-state index in [1.807, 2.05) is 27.7 Å². The number of hydrogen-bond acceptors (Lipinski definition) is 8. The van der Waals surface area contributed by atoms with Gasteiger partial charge < -0.3 is 24.1 Å². The quantitative estimate of drug-likeness (QED) is 0.360. The Bertz CT molecular complexity index is 1260. The van der Waals surface area contributed by atoms with Crippen LogP contribution in [0, 0.1) is 10.8 Å². The fraction of sp³-hybridized carbons (Fsp3) is 0.414. The maximum absolute atomic E-state index is 13.4. The molecule has 2 aliphatic rings. The minimum absolute atomic E-state index is 0.0139. The van der Waals surface area contributed by atoms with Gasteiger partial charge in [-0.1, -0.05) is 33.8 Å². The molecule has 2 N–H and O–H groups in total. The fourth-order valence-electron chi connectivity index (χ4n) is 5.23. The summed E-state index contributed by atoms with van der Waals surface area (Å²) in [5.74, 6) is -2.20. The molecule has 0 radical (unpaired) electrons. The second kappa shape index (κ2) is 9.57. The first-order valence-corrected chi connectivity index (χ1v) is 12.2. The zero-order valence-electron chi connectivity index (χ0n) is 21.7. The molecule has 0 atom stereocenters. The lowest BCUT2D eigenvalue weighted by Gasteiger charge is -2.36. The van der Waals surface area contributed by atoms with Crippen molar-refractivity contribution < 1.29 is 38.5 Å². The van der Waals surface area contributed by atoms with Crippen LogP contribution in [-0.2, 0) is 9.59 Å². The lowest BCUT2D eigenvalue weighted by molar-refractivity contribution is -0.119. The molecular formula is C29H32O8. The fourth-order valence-corrected chi connectivity index (χ4v) is 5.23. The number of ketones is 2. The van der Waals surface area contributed by atoms with Crippen molar-refractivity contribution in [3.8, 4) is 11.5 Å². The molecule has 4 rings (SSSR count). The highest BCUT2D eigenvalue weighted by molar-refractivity contribution is 6.05. The van der Waals surface area contributed by atoms with Gasteiger partial charge in [0.15, 0.2) is 23.1 Å². The molecule has 2 aromatic rings. The second-order valence-corrected chi connectivity index (χ2v) is 11.3. The maximum Gasteiger partial charge on any atom is 0.379 e. The van der Waals surface area contributed by atoms with E-state index in [0.717, 1.165) is 0 Å². The van der Waals surface area contributed by atoms with E-state index in [9.17, 15) is 24.6 Å². The minimum Gasteiger partial charge on any atom is -0.512 e. The third kappa shape index (κ3) is 5.33. The summed E-state index contributed by atoms with van der Waals surface area (Å²) in [4.78, 5) is 39.2. The summed E-state index contributed by atoms with van der Waals surface area (Å²) < 4.78 is 16.0. The minimum atomic E-state index is -1.00. The summed E-state index contributed by atoms with van der Waals surface area (Å²) in [6.45, 7) is 7.57. The number of ether oxygens (including phenoxy) is 2. The number of benzene rings is 1. The zero-order chi connectivity index (χ0) is 27.1. The standard InChI is InChI=1S/C29H32O8/c1-28(2)12-17(30)25(18(31)13-28)24(26-19(32)14-29(3,4)15-20(26)33)16-8-9-21(23(11-16)35-5)37-27(34)22-7-6-10-36-22/h6-11,24,30,32H,12-15H2,1-5H3. The van der Waals surface area contributed by atoms with Crippen molar-refractivity contribution in [1.29, 1.82) is 0 Å². The van der Waals surface area contributed by atoms with E-state index in [1.165, 1.54) is 25.5 Å². The Morgan fingerprint density at radius 2 is 1.46 bits per heavy atom. The summed E-state index contributed by atoms with van der Waals surface area (Å²) in [6.07, 6.45) is 2.24. The number of esters is 1. The van der Waals surface area contributed by atoms with Crippen LogP contribution in [-0.4, -0.2) is 34.9 Å². The van der Waals surface area contributed by atoms with Crippen molar-refractivity contribution in [1.82, 2.24) is 0 Å². The van der Waals surface area contributed by atoms with Crippen molar-refractivity contribution in [2.24, 2.45) is 10.8 Å². The van der Waals surface area contributed by atoms with Crippen molar-refractivity contribution in [2.45, 2.75) is 59.3 Å². The summed E-state index contributed by atoms with van der Waals surface area (Å²) >= 11 is 0. The zero-order valence-corrected chi connectivity index (χ0v) is 21.7. The number of Topliss-reactive ketones (excluding diaryl/α,β-unsaturated/α-hetero) is 2. The summed E-state index contributed by atoms with van der Waals surface area (Å²) in [7, 11) is 1.40. The molecule has 0 spiro atoms. The van der Waals surface area contributed by atoms with Crippen molar-refractivity contribution >= 4 is 17.5 Å². The van der Waals surface area contributed by atoms with E-state index in [2.05, 4.69) is 0 Å². The van der Waals surface area contributed by atoms with E-state index in [1.54, 1.807) is 18.2 Å². The topological polar surface area (TPSA) is 123 Å². The average molecular weight is 509 g/mol. The van der Waals surface area contributed by atoms with E-state index in [-0.39, 0.29) is 77.2 Å². The summed E-state index contributed by atoms with van der Waals surface area (Å²) in [5, 5.41) is 22.1. The third-order valence-corrected chi connectivity index (χ3v) is 6.82. The van der Waals surface area contributed by atoms with Gasteiger partial charge in [0.2, 0.25) is 5.76 Å². The van der Waals surface area contributed by atoms with Crippen LogP contribution in [0.5, 0.6) is 11.5 Å². The number of methoxy groups -OCH3 is 1. The van der Waals surface area contributed by atoms with Gasteiger partial charge in [0.05, 0.1) is 13.4 Å². The molecule has 0 bridgehead atoms. The van der Waals surface area contributed by atoms with E-state index in [0.29, 0.717) is 5.56 Å². The Morgan fingerprint density at radius 3 is 1.92 bits per heavy atom. The normalized spacial score (nSPS) is 19.4. The van der Waals surface area contributed by atoms with Crippen LogP contribution in [0.15, 0.2) is 63.7 Å². The van der Waals surface area contributed by atoms with Gasteiger partial charge in [-0.15, -0.1) is 0 Å². The molecule has 1 heterocycles. The second-order valence-electron chi connectivity index (χ2n) is 11.3. The molecular weight excluding hydrogens is 476 g/mol. The van der Waals surface area contributed by atoms with Gasteiger partial charge in [-0.05, 0) is 40.7 Å². The Hall–Kier alpha value is -3.81. The molecule has 8 nitrogen and oxygen atoms in total. The van der Waals surface area contributed by atoms with Crippen LogP contribution in [0.25, 0.3) is 0 Å². The molecule has 37 heavy (non-hydrogen) atoms. The smallest absolute Gasteiger partial charge is 0.379 e. The first-order chi connectivity index (χ1) is 17.3. The van der Waals surface area contributed by atoms with Gasteiger partial charge in [0.1, 0.15) is 11.5 Å². The number of aliphatic hydroxyl groups excluding tert-OH is 2. The molecule has 0 saturated heterocycles. The Balaban J connectivity index is 1.84. The maximum atomic E-state index is 13.4. The first kappa shape index (κ1) is 26.3. The van der Waals surface area contributed by atoms with Crippen LogP contribution in [0.4, 0.5) is 0 Å².